The first-order valence-corrected chi connectivity index (χ1v) is 15.4. The van der Waals surface area contributed by atoms with Gasteiger partial charge in [0.05, 0.1) is 14.2 Å². The van der Waals surface area contributed by atoms with E-state index in [0.717, 1.165) is 49.9 Å². The van der Waals surface area contributed by atoms with Crippen molar-refractivity contribution in [2.45, 2.75) is 52.1 Å². The van der Waals surface area contributed by atoms with E-state index in [-0.39, 0.29) is 23.9 Å². The Morgan fingerprint density at radius 3 is 1.73 bits per heavy atom. The number of carbonyl (C=O) groups is 3. The van der Waals surface area contributed by atoms with Crippen molar-refractivity contribution < 1.29 is 28.6 Å². The van der Waals surface area contributed by atoms with Crippen molar-refractivity contribution in [1.29, 1.82) is 0 Å². The highest BCUT2D eigenvalue weighted by Gasteiger charge is 2.26. The van der Waals surface area contributed by atoms with Gasteiger partial charge in [0.15, 0.2) is 0 Å². The lowest BCUT2D eigenvalue weighted by Crippen LogP contribution is -2.41. The highest BCUT2D eigenvalue weighted by atomic mass is 32.1. The molecule has 10 heteroatoms. The topological polar surface area (TPSA) is 94.2 Å². The third-order valence-corrected chi connectivity index (χ3v) is 8.12. The molecule has 0 spiro atoms. The number of hydrogen-bond donors (Lipinski definition) is 1. The van der Waals surface area contributed by atoms with E-state index in [1.165, 1.54) is 36.9 Å². The number of hydrogen-bond acceptors (Lipinski definition) is 9. The molecule has 1 amide bonds. The molecular weight excluding hydrogens is 560 g/mol. The zero-order valence-corrected chi connectivity index (χ0v) is 26.0. The molecule has 0 unspecified atom stereocenters. The molecule has 2 aromatic heterocycles. The fraction of sp³-hybridized carbons (Fsp3) is 0.516. The fourth-order valence-electron chi connectivity index (χ4n) is 4.09. The first-order valence-electron chi connectivity index (χ1n) is 13.6. The van der Waals surface area contributed by atoms with Crippen molar-refractivity contribution in [3.8, 4) is 23.7 Å². The van der Waals surface area contributed by atoms with Crippen LogP contribution in [0, 0.1) is 35.5 Å². The van der Waals surface area contributed by atoms with E-state index in [4.69, 9.17) is 4.74 Å². The number of ether oxygens (including phenoxy) is 3. The van der Waals surface area contributed by atoms with Gasteiger partial charge in [-0.2, -0.15) is 0 Å². The van der Waals surface area contributed by atoms with E-state index in [1.807, 2.05) is 31.5 Å². The Morgan fingerprint density at radius 2 is 1.29 bits per heavy atom. The summed E-state index contributed by atoms with van der Waals surface area (Å²) in [6.45, 7) is 9.02. The molecule has 2 aromatic rings. The Labute approximate surface area is 250 Å². The molecule has 2 aliphatic rings. The largest absolute Gasteiger partial charge is 0.465 e. The van der Waals surface area contributed by atoms with Gasteiger partial charge < -0.3 is 24.4 Å². The van der Waals surface area contributed by atoms with E-state index in [9.17, 15) is 14.4 Å². The second-order valence-corrected chi connectivity index (χ2v) is 12.5. The van der Waals surface area contributed by atoms with Crippen molar-refractivity contribution in [3.63, 3.8) is 0 Å². The minimum absolute atomic E-state index is 0.255. The fourth-order valence-corrected chi connectivity index (χ4v) is 5.60. The zero-order valence-electron chi connectivity index (χ0n) is 24.3. The predicted octanol–water partition coefficient (Wildman–Crippen LogP) is 5.42. The van der Waals surface area contributed by atoms with E-state index in [1.54, 1.807) is 17.0 Å². The van der Waals surface area contributed by atoms with Crippen LogP contribution in [-0.4, -0.2) is 68.9 Å². The van der Waals surface area contributed by atoms with Crippen LogP contribution in [0.25, 0.3) is 0 Å². The standard InChI is InChI=1S/C18H23NO4S.C13H15NO2S/c1-18(2,3)23-17(21)19-9-7-13(8-10-19)5-6-14-11-15(24-12-14)16(20)22-4;1-16-13(15)12-8-11(9-17-12)3-2-10-4-6-14-7-5-10/h11-13H,7-10H2,1-4H3;8-10,14H,4-7H2,1H3. The molecule has 4 heterocycles. The number of esters is 2. The molecule has 0 atom stereocenters. The lowest BCUT2D eigenvalue weighted by molar-refractivity contribution is 0.0199. The molecule has 0 aliphatic carbocycles. The Morgan fingerprint density at radius 1 is 0.829 bits per heavy atom. The monoisotopic (exact) mass is 598 g/mol. The molecule has 2 fully saturated rings. The number of piperidine rings is 2. The maximum Gasteiger partial charge on any atom is 0.410 e. The van der Waals surface area contributed by atoms with Gasteiger partial charge in [-0.1, -0.05) is 23.7 Å². The van der Waals surface area contributed by atoms with Gasteiger partial charge in [0.1, 0.15) is 15.4 Å². The molecule has 1 N–H and O–H groups in total. The van der Waals surface area contributed by atoms with Gasteiger partial charge in [0, 0.05) is 46.8 Å². The molecule has 0 aromatic carbocycles. The predicted molar refractivity (Wildman–Crippen MR) is 161 cm³/mol. The van der Waals surface area contributed by atoms with E-state index >= 15 is 0 Å². The number of rotatable bonds is 2. The van der Waals surface area contributed by atoms with Crippen LogP contribution in [0.2, 0.25) is 0 Å². The molecular formula is C31H38N2O6S2. The SMILES string of the molecule is COC(=O)c1cc(C#CC2CCN(C(=O)OC(C)(C)C)CC2)cs1.COC(=O)c1cc(C#CC2CCNCC2)cs1. The van der Waals surface area contributed by atoms with Crippen LogP contribution >= 0.6 is 22.7 Å². The molecule has 220 valence electrons. The molecule has 2 saturated heterocycles. The van der Waals surface area contributed by atoms with Gasteiger partial charge in [0.2, 0.25) is 0 Å². The first-order chi connectivity index (χ1) is 19.6. The summed E-state index contributed by atoms with van der Waals surface area (Å²) in [4.78, 5) is 37.6. The maximum absolute atomic E-state index is 12.0. The normalized spacial score (nSPS) is 15.7. The summed E-state index contributed by atoms with van der Waals surface area (Å²) < 4.78 is 14.7. The van der Waals surface area contributed by atoms with Crippen molar-refractivity contribution >= 4 is 40.7 Å². The Bertz CT molecular complexity index is 1300. The molecule has 0 saturated carbocycles. The number of likely N-dealkylation sites (tertiary alicyclic amines) is 1. The number of amides is 1. The van der Waals surface area contributed by atoms with Crippen molar-refractivity contribution in [1.82, 2.24) is 10.2 Å². The van der Waals surface area contributed by atoms with Crippen molar-refractivity contribution in [2.24, 2.45) is 11.8 Å². The van der Waals surface area contributed by atoms with Crippen LogP contribution < -0.4 is 5.32 Å². The van der Waals surface area contributed by atoms with E-state index in [0.29, 0.717) is 28.8 Å². The van der Waals surface area contributed by atoms with Crippen LogP contribution in [0.1, 0.15) is 76.9 Å². The quantitative estimate of drug-likeness (QED) is 0.280. The maximum atomic E-state index is 12.0. The number of carbonyl (C=O) groups excluding carboxylic acids is 3. The number of nitrogens with zero attached hydrogens (tertiary/aromatic N) is 1. The summed E-state index contributed by atoms with van der Waals surface area (Å²) in [7, 11) is 2.76. The van der Waals surface area contributed by atoms with Crippen molar-refractivity contribution in [3.05, 3.63) is 43.8 Å². The Kier molecular flexibility index (Phi) is 12.3. The van der Waals surface area contributed by atoms with Gasteiger partial charge in [-0.05, 0) is 71.7 Å². The Balaban J connectivity index is 0.000000239. The van der Waals surface area contributed by atoms with E-state index < -0.39 is 5.60 Å². The summed E-state index contributed by atoms with van der Waals surface area (Å²) in [6, 6.07) is 3.55. The van der Waals surface area contributed by atoms with Gasteiger partial charge in [-0.15, -0.1) is 22.7 Å². The number of methoxy groups -OCH3 is 2. The smallest absolute Gasteiger partial charge is 0.410 e. The highest BCUT2D eigenvalue weighted by Crippen LogP contribution is 2.20. The second kappa shape index (κ2) is 15.6. The average molecular weight is 599 g/mol. The summed E-state index contributed by atoms with van der Waals surface area (Å²) >= 11 is 2.71. The number of thiophene rings is 2. The summed E-state index contributed by atoms with van der Waals surface area (Å²) in [5, 5.41) is 7.07. The van der Waals surface area contributed by atoms with Crippen molar-refractivity contribution in [2.75, 3.05) is 40.4 Å². The van der Waals surface area contributed by atoms with Gasteiger partial charge in [-0.25, -0.2) is 14.4 Å². The van der Waals surface area contributed by atoms with Crippen LogP contribution in [0.3, 0.4) is 0 Å². The van der Waals surface area contributed by atoms with Crippen LogP contribution in [0.15, 0.2) is 22.9 Å². The molecule has 2 aliphatic heterocycles. The Hall–Kier alpha value is -3.31. The lowest BCUT2D eigenvalue weighted by Gasteiger charge is -2.31. The second-order valence-electron chi connectivity index (χ2n) is 10.7. The summed E-state index contributed by atoms with van der Waals surface area (Å²) in [5.41, 5.74) is 1.27. The highest BCUT2D eigenvalue weighted by molar-refractivity contribution is 7.12. The van der Waals surface area contributed by atoms with Gasteiger partial charge >= 0.3 is 18.0 Å². The van der Waals surface area contributed by atoms with Crippen LogP contribution in [-0.2, 0) is 14.2 Å². The van der Waals surface area contributed by atoms with Gasteiger partial charge in [0.25, 0.3) is 0 Å². The summed E-state index contributed by atoms with van der Waals surface area (Å²) in [6.07, 6.45) is 3.64. The van der Waals surface area contributed by atoms with Crippen LogP contribution in [0.4, 0.5) is 4.79 Å². The molecule has 4 rings (SSSR count). The molecule has 0 bridgehead atoms. The zero-order chi connectivity index (χ0) is 29.8. The van der Waals surface area contributed by atoms with E-state index in [2.05, 4.69) is 38.5 Å². The third kappa shape index (κ3) is 10.9. The van der Waals surface area contributed by atoms with Gasteiger partial charge in [-0.3, -0.25) is 0 Å². The minimum Gasteiger partial charge on any atom is -0.465 e. The number of nitrogens with one attached hydrogen (secondary N) is 1. The average Bonchev–Trinajstić information content (AvgIpc) is 3.65. The third-order valence-electron chi connectivity index (χ3n) is 6.30. The molecule has 8 nitrogen and oxygen atoms in total. The van der Waals surface area contributed by atoms with Crippen LogP contribution in [0.5, 0.6) is 0 Å². The lowest BCUT2D eigenvalue weighted by atomic mass is 9.97. The molecule has 0 radical (unpaired) electrons. The summed E-state index contributed by atoms with van der Waals surface area (Å²) in [5.74, 6) is 12.9. The molecule has 41 heavy (non-hydrogen) atoms. The first kappa shape index (κ1) is 32.2. The minimum atomic E-state index is -0.468.